The van der Waals surface area contributed by atoms with Crippen LogP contribution in [-0.4, -0.2) is 57.3 Å². The van der Waals surface area contributed by atoms with Gasteiger partial charge in [0.2, 0.25) is 0 Å². The predicted molar refractivity (Wildman–Crippen MR) is 37.2 cm³/mol. The van der Waals surface area contributed by atoms with Gasteiger partial charge in [-0.1, -0.05) is 0 Å². The summed E-state index contributed by atoms with van der Waals surface area (Å²) in [5, 5.41) is 8.06. The molecule has 66 valence electrons. The molecule has 0 saturated carbocycles. The third-order valence-electron chi connectivity index (χ3n) is 0. The van der Waals surface area contributed by atoms with E-state index in [1.807, 2.05) is 0 Å². The quantitative estimate of drug-likeness (QED) is 0.269. The zero-order chi connectivity index (χ0) is 8.08. The van der Waals surface area contributed by atoms with Crippen molar-refractivity contribution in [1.82, 2.24) is 0 Å². The van der Waals surface area contributed by atoms with Gasteiger partial charge in [0.05, 0.1) is 0 Å². The summed E-state index contributed by atoms with van der Waals surface area (Å²) < 4.78 is 34.1. The van der Waals surface area contributed by atoms with Crippen molar-refractivity contribution in [1.29, 1.82) is 0 Å². The Kier molecular flexibility index (Phi) is 21.6. The van der Waals surface area contributed by atoms with Gasteiger partial charge in [-0.05, 0) is 13.8 Å². The van der Waals surface area contributed by atoms with Crippen LogP contribution in [0.1, 0.15) is 13.8 Å². The first-order valence-electron chi connectivity index (χ1n) is 2.08. The summed E-state index contributed by atoms with van der Waals surface area (Å²) in [5.41, 5.74) is 0. The van der Waals surface area contributed by atoms with E-state index in [1.54, 1.807) is 13.8 Å². The molecule has 0 heterocycles. The molecule has 0 aromatic heterocycles. The maximum atomic E-state index is 8.52. The van der Waals surface area contributed by atoms with Gasteiger partial charge in [-0.3, -0.25) is 8.42 Å². The van der Waals surface area contributed by atoms with E-state index >= 15 is 0 Å². The average Bonchev–Trinajstić information content (AvgIpc) is 1.19. The van der Waals surface area contributed by atoms with Crippen molar-refractivity contribution < 1.29 is 28.1 Å². The average molecular weight is 198 g/mol. The minimum absolute atomic E-state index is 0. The van der Waals surface area contributed by atoms with E-state index in [0.29, 0.717) is 0 Å². The fourth-order valence-electron chi connectivity index (χ4n) is 0. The molecule has 0 radical (unpaired) electrons. The van der Waals surface area contributed by atoms with Gasteiger partial charge >= 0.3 is 23.1 Å². The number of aliphatic hydroxyl groups is 1. The fraction of sp³-hybridized carbons (Fsp3) is 1.00. The summed E-state index contributed by atoms with van der Waals surface area (Å²) in [6.07, 6.45) is -0.167. The van der Waals surface area contributed by atoms with Gasteiger partial charge < -0.3 is 19.7 Å². The number of hydrogen-bond acceptors (Lipinski definition) is 5. The van der Waals surface area contributed by atoms with E-state index < -0.39 is 10.4 Å². The molecule has 0 saturated heterocycles. The first-order valence-corrected chi connectivity index (χ1v) is 3.41. The van der Waals surface area contributed by atoms with Crippen molar-refractivity contribution in [2.24, 2.45) is 0 Å². The summed E-state index contributed by atoms with van der Waals surface area (Å²) in [6, 6.07) is 0. The van der Waals surface area contributed by atoms with E-state index in [9.17, 15) is 0 Å². The Balaban J connectivity index is -0.0000000383. The minimum Gasteiger partial charge on any atom is -0.759 e. The van der Waals surface area contributed by atoms with E-state index in [4.69, 9.17) is 22.6 Å². The van der Waals surface area contributed by atoms with Crippen LogP contribution in [0, 0.1) is 0 Å². The number of hydrogen-bond donors (Lipinski definition) is 1. The maximum Gasteiger partial charge on any atom is 2.00 e. The van der Waals surface area contributed by atoms with Crippen LogP contribution < -0.4 is 0 Å². The van der Waals surface area contributed by atoms with Gasteiger partial charge in [-0.15, -0.1) is 0 Å². The molecule has 3 N–H and O–H groups in total. The van der Waals surface area contributed by atoms with E-state index in [2.05, 4.69) is 0 Å². The van der Waals surface area contributed by atoms with E-state index in [0.717, 1.165) is 0 Å². The Morgan fingerprint density at radius 2 is 1.27 bits per heavy atom. The second kappa shape index (κ2) is 10.6. The summed E-state index contributed by atoms with van der Waals surface area (Å²) in [4.78, 5) is 0. The van der Waals surface area contributed by atoms with E-state index in [-0.39, 0.29) is 34.6 Å². The van der Waals surface area contributed by atoms with Crippen LogP contribution in [0.4, 0.5) is 0 Å². The fourth-order valence-corrected chi connectivity index (χ4v) is 0. The molecule has 0 bridgehead atoms. The summed E-state index contributed by atoms with van der Waals surface area (Å²) in [6.45, 7) is 3.44. The van der Waals surface area contributed by atoms with Crippen LogP contribution >= 0.6 is 0 Å². The summed E-state index contributed by atoms with van der Waals surface area (Å²) in [7, 11) is -5.17. The number of rotatable bonds is 0. The molecule has 0 rings (SSSR count). The molecule has 0 unspecified atom stereocenters. The molecule has 0 aliphatic carbocycles. The van der Waals surface area contributed by atoms with Gasteiger partial charge in [0.1, 0.15) is 0 Å². The van der Waals surface area contributed by atoms with Crippen LogP contribution in [-0.2, 0) is 10.4 Å². The third kappa shape index (κ3) is 2500. The molecular weight excluding hydrogens is 188 g/mol. The largest absolute Gasteiger partial charge is 2.00 e. The third-order valence-corrected chi connectivity index (χ3v) is 0. The topological polar surface area (TPSA) is 132 Å². The molecular formula is C3H10MgO6S. The Hall–Kier alpha value is 0.556. The van der Waals surface area contributed by atoms with Gasteiger partial charge in [0.25, 0.3) is 0 Å². The van der Waals surface area contributed by atoms with Crippen LogP contribution in [0.15, 0.2) is 0 Å². The maximum absolute atomic E-state index is 8.52. The number of aliphatic hydroxyl groups excluding tert-OH is 1. The Labute approximate surface area is 81.7 Å². The van der Waals surface area contributed by atoms with Crippen molar-refractivity contribution in [3.05, 3.63) is 0 Å². The molecule has 0 aromatic rings. The zero-order valence-corrected chi connectivity index (χ0v) is 8.50. The molecule has 0 amide bonds. The minimum atomic E-state index is -5.17. The molecule has 6 nitrogen and oxygen atoms in total. The zero-order valence-electron chi connectivity index (χ0n) is 6.27. The summed E-state index contributed by atoms with van der Waals surface area (Å²) >= 11 is 0. The molecule has 0 aliphatic heterocycles. The van der Waals surface area contributed by atoms with Crippen molar-refractivity contribution in [3.8, 4) is 0 Å². The van der Waals surface area contributed by atoms with Crippen molar-refractivity contribution >= 4 is 33.5 Å². The SMILES string of the molecule is CC(C)O.O.O=S(=O)([O-])[O-].[Mg+2]. The van der Waals surface area contributed by atoms with Crippen molar-refractivity contribution in [3.63, 3.8) is 0 Å². The second-order valence-corrected chi connectivity index (χ2v) is 2.32. The standard InChI is InChI=1S/C3H8O.Mg.H2O4S.H2O/c1-3(2)4;;1-5(2,3)4;/h3-4H,1-2H3;;(H2,1,2,3,4);1H2/q;+2;;/p-2. The van der Waals surface area contributed by atoms with Gasteiger partial charge in [0.15, 0.2) is 0 Å². The Morgan fingerprint density at radius 1 is 1.27 bits per heavy atom. The summed E-state index contributed by atoms with van der Waals surface area (Å²) in [5.74, 6) is 0. The molecule has 0 fully saturated rings. The molecule has 0 atom stereocenters. The van der Waals surface area contributed by atoms with Crippen LogP contribution in [0.2, 0.25) is 0 Å². The van der Waals surface area contributed by atoms with Crippen LogP contribution in [0.25, 0.3) is 0 Å². The molecule has 0 spiro atoms. The van der Waals surface area contributed by atoms with Gasteiger partial charge in [-0.2, -0.15) is 0 Å². The first-order chi connectivity index (χ1) is 3.73. The van der Waals surface area contributed by atoms with Crippen LogP contribution in [0.5, 0.6) is 0 Å². The predicted octanol–water partition coefficient (Wildman–Crippen LogP) is -2.16. The molecule has 0 aromatic carbocycles. The first kappa shape index (κ1) is 22.6. The van der Waals surface area contributed by atoms with Gasteiger partial charge in [-0.25, -0.2) is 0 Å². The van der Waals surface area contributed by atoms with Gasteiger partial charge in [0, 0.05) is 16.5 Å². The monoisotopic (exact) mass is 198 g/mol. The Morgan fingerprint density at radius 3 is 1.27 bits per heavy atom. The molecule has 8 heteroatoms. The normalized spacial score (nSPS) is 8.55. The van der Waals surface area contributed by atoms with Crippen LogP contribution in [0.3, 0.4) is 0 Å². The second-order valence-electron chi connectivity index (χ2n) is 1.50. The van der Waals surface area contributed by atoms with E-state index in [1.165, 1.54) is 0 Å². The Bertz CT molecular complexity index is 129. The molecule has 0 aliphatic rings. The smallest absolute Gasteiger partial charge is 0.759 e. The van der Waals surface area contributed by atoms with Crippen molar-refractivity contribution in [2.45, 2.75) is 20.0 Å². The van der Waals surface area contributed by atoms with Crippen molar-refractivity contribution in [2.75, 3.05) is 0 Å². The molecule has 11 heavy (non-hydrogen) atoms.